The lowest BCUT2D eigenvalue weighted by Crippen LogP contribution is -2.02. The summed E-state index contributed by atoms with van der Waals surface area (Å²) in [5, 5.41) is 12.2. The van der Waals surface area contributed by atoms with Crippen LogP contribution in [0.5, 0.6) is 0 Å². The molecule has 0 fully saturated rings. The molecule has 0 amide bonds. The summed E-state index contributed by atoms with van der Waals surface area (Å²) in [5.41, 5.74) is 4.03. The van der Waals surface area contributed by atoms with E-state index in [0.717, 1.165) is 17.9 Å². The fraction of sp³-hybridized carbons (Fsp3) is 0.250. The molecule has 1 heterocycles. The van der Waals surface area contributed by atoms with Crippen LogP contribution in [0.3, 0.4) is 0 Å². The molecule has 0 atom stereocenters. The van der Waals surface area contributed by atoms with Crippen LogP contribution in [0.4, 0.5) is 5.82 Å². The van der Waals surface area contributed by atoms with E-state index >= 15 is 0 Å². The van der Waals surface area contributed by atoms with Gasteiger partial charge in [-0.1, -0.05) is 31.2 Å². The van der Waals surface area contributed by atoms with Crippen LogP contribution in [0.2, 0.25) is 0 Å². The lowest BCUT2D eigenvalue weighted by atomic mass is 10.1. The van der Waals surface area contributed by atoms with Gasteiger partial charge >= 0.3 is 0 Å². The van der Waals surface area contributed by atoms with Crippen molar-refractivity contribution in [2.45, 2.75) is 26.8 Å². The van der Waals surface area contributed by atoms with Gasteiger partial charge in [-0.3, -0.25) is 0 Å². The highest BCUT2D eigenvalue weighted by Crippen LogP contribution is 2.11. The average Bonchev–Trinajstić information content (AvgIpc) is 2.45. The van der Waals surface area contributed by atoms with E-state index in [-0.39, 0.29) is 0 Å². The minimum Gasteiger partial charge on any atom is -0.366 e. The number of aryl methyl sites for hydroxylation is 2. The van der Waals surface area contributed by atoms with Gasteiger partial charge in [0, 0.05) is 12.2 Å². The third kappa shape index (κ3) is 3.56. The predicted molar refractivity (Wildman–Crippen MR) is 76.8 cm³/mol. The van der Waals surface area contributed by atoms with Crippen LogP contribution >= 0.6 is 0 Å². The van der Waals surface area contributed by atoms with E-state index in [9.17, 15) is 0 Å². The van der Waals surface area contributed by atoms with Gasteiger partial charge in [-0.2, -0.15) is 5.26 Å². The Hall–Kier alpha value is -2.34. The maximum absolute atomic E-state index is 8.92. The SMILES string of the molecule is CCc1ccc(CNc2cc(C#N)cc(C)n2)cc1. The fourth-order valence-electron chi connectivity index (χ4n) is 1.91. The Morgan fingerprint density at radius 2 is 1.84 bits per heavy atom. The van der Waals surface area contributed by atoms with Crippen LogP contribution in [-0.4, -0.2) is 4.98 Å². The van der Waals surface area contributed by atoms with Crippen molar-refractivity contribution in [3.63, 3.8) is 0 Å². The molecule has 2 rings (SSSR count). The number of nitriles is 1. The van der Waals surface area contributed by atoms with Crippen LogP contribution in [0.1, 0.15) is 29.3 Å². The molecule has 1 aromatic heterocycles. The summed E-state index contributed by atoms with van der Waals surface area (Å²) >= 11 is 0. The highest BCUT2D eigenvalue weighted by atomic mass is 15.0. The first kappa shape index (κ1) is 13.1. The van der Waals surface area contributed by atoms with Gasteiger partial charge in [-0.05, 0) is 36.6 Å². The molecule has 1 N–H and O–H groups in total. The van der Waals surface area contributed by atoms with Crippen molar-refractivity contribution in [2.24, 2.45) is 0 Å². The Morgan fingerprint density at radius 3 is 2.47 bits per heavy atom. The molecule has 0 saturated heterocycles. The average molecular weight is 251 g/mol. The van der Waals surface area contributed by atoms with Gasteiger partial charge in [0.2, 0.25) is 0 Å². The van der Waals surface area contributed by atoms with Gasteiger partial charge in [-0.15, -0.1) is 0 Å². The second-order valence-electron chi connectivity index (χ2n) is 4.52. The summed E-state index contributed by atoms with van der Waals surface area (Å²) in [4.78, 5) is 4.37. The smallest absolute Gasteiger partial charge is 0.127 e. The number of hydrogen-bond donors (Lipinski definition) is 1. The van der Waals surface area contributed by atoms with Gasteiger partial charge in [-0.25, -0.2) is 4.98 Å². The maximum Gasteiger partial charge on any atom is 0.127 e. The van der Waals surface area contributed by atoms with Gasteiger partial charge in [0.15, 0.2) is 0 Å². The predicted octanol–water partition coefficient (Wildman–Crippen LogP) is 3.44. The second-order valence-corrected chi connectivity index (χ2v) is 4.52. The molecule has 3 heteroatoms. The molecular formula is C16H17N3. The Labute approximate surface area is 113 Å². The molecule has 19 heavy (non-hydrogen) atoms. The summed E-state index contributed by atoms with van der Waals surface area (Å²) < 4.78 is 0. The third-order valence-corrected chi connectivity index (χ3v) is 2.99. The minimum atomic E-state index is 0.635. The van der Waals surface area contributed by atoms with Crippen molar-refractivity contribution in [3.05, 3.63) is 58.8 Å². The standard InChI is InChI=1S/C16H17N3/c1-3-13-4-6-14(7-5-13)11-18-16-9-15(10-17)8-12(2)19-16/h4-9H,3,11H2,1-2H3,(H,18,19). The van der Waals surface area contributed by atoms with Crippen molar-refractivity contribution in [3.8, 4) is 6.07 Å². The number of benzene rings is 1. The summed E-state index contributed by atoms with van der Waals surface area (Å²) in [6, 6.07) is 14.2. The highest BCUT2D eigenvalue weighted by molar-refractivity contribution is 5.44. The zero-order chi connectivity index (χ0) is 13.7. The summed E-state index contributed by atoms with van der Waals surface area (Å²) in [5.74, 6) is 0.746. The lowest BCUT2D eigenvalue weighted by Gasteiger charge is -2.07. The second kappa shape index (κ2) is 6.01. The molecule has 0 radical (unpaired) electrons. The van der Waals surface area contributed by atoms with Crippen molar-refractivity contribution >= 4 is 5.82 Å². The maximum atomic E-state index is 8.92. The topological polar surface area (TPSA) is 48.7 Å². The number of hydrogen-bond acceptors (Lipinski definition) is 3. The summed E-state index contributed by atoms with van der Waals surface area (Å²) in [6.07, 6.45) is 1.05. The molecule has 0 saturated carbocycles. The largest absolute Gasteiger partial charge is 0.366 e. The molecule has 0 bridgehead atoms. The van der Waals surface area contributed by atoms with Gasteiger partial charge in [0.25, 0.3) is 0 Å². The van der Waals surface area contributed by atoms with E-state index in [1.165, 1.54) is 11.1 Å². The van der Waals surface area contributed by atoms with E-state index in [4.69, 9.17) is 5.26 Å². The molecule has 0 aliphatic rings. The number of nitrogens with one attached hydrogen (secondary N) is 1. The van der Waals surface area contributed by atoms with E-state index in [1.807, 2.05) is 6.92 Å². The number of aromatic nitrogens is 1. The molecule has 0 aliphatic heterocycles. The van der Waals surface area contributed by atoms with Crippen LogP contribution < -0.4 is 5.32 Å². The lowest BCUT2D eigenvalue weighted by molar-refractivity contribution is 1.07. The first-order valence-electron chi connectivity index (χ1n) is 6.41. The summed E-state index contributed by atoms with van der Waals surface area (Å²) in [7, 11) is 0. The quantitative estimate of drug-likeness (QED) is 0.905. The zero-order valence-electron chi connectivity index (χ0n) is 11.3. The Balaban J connectivity index is 2.05. The first-order valence-corrected chi connectivity index (χ1v) is 6.41. The normalized spacial score (nSPS) is 9.95. The third-order valence-electron chi connectivity index (χ3n) is 2.99. The van der Waals surface area contributed by atoms with E-state index in [2.05, 4.69) is 47.6 Å². The minimum absolute atomic E-state index is 0.635. The molecular weight excluding hydrogens is 234 g/mol. The van der Waals surface area contributed by atoms with E-state index < -0.39 is 0 Å². The van der Waals surface area contributed by atoms with E-state index in [0.29, 0.717) is 12.1 Å². The molecule has 0 aliphatic carbocycles. The number of pyridine rings is 1. The Kier molecular flexibility index (Phi) is 4.15. The van der Waals surface area contributed by atoms with Gasteiger partial charge in [0.1, 0.15) is 5.82 Å². The van der Waals surface area contributed by atoms with Crippen molar-refractivity contribution in [1.82, 2.24) is 4.98 Å². The van der Waals surface area contributed by atoms with Gasteiger partial charge in [0.05, 0.1) is 11.6 Å². The zero-order valence-corrected chi connectivity index (χ0v) is 11.3. The fourth-order valence-corrected chi connectivity index (χ4v) is 1.91. The monoisotopic (exact) mass is 251 g/mol. The molecule has 3 nitrogen and oxygen atoms in total. The van der Waals surface area contributed by atoms with E-state index in [1.54, 1.807) is 12.1 Å². The number of nitrogens with zero attached hydrogens (tertiary/aromatic N) is 2. The van der Waals surface area contributed by atoms with Crippen molar-refractivity contribution in [1.29, 1.82) is 5.26 Å². The number of anilines is 1. The Morgan fingerprint density at radius 1 is 1.16 bits per heavy atom. The van der Waals surface area contributed by atoms with Crippen molar-refractivity contribution in [2.75, 3.05) is 5.32 Å². The molecule has 2 aromatic rings. The van der Waals surface area contributed by atoms with Crippen LogP contribution in [0.25, 0.3) is 0 Å². The molecule has 0 spiro atoms. The van der Waals surface area contributed by atoms with Crippen molar-refractivity contribution < 1.29 is 0 Å². The van der Waals surface area contributed by atoms with Gasteiger partial charge < -0.3 is 5.32 Å². The van der Waals surface area contributed by atoms with Crippen LogP contribution in [-0.2, 0) is 13.0 Å². The highest BCUT2D eigenvalue weighted by Gasteiger charge is 2.00. The molecule has 0 unspecified atom stereocenters. The summed E-state index contributed by atoms with van der Waals surface area (Å²) in [6.45, 7) is 4.75. The Bertz CT molecular complexity index is 594. The number of rotatable bonds is 4. The first-order chi connectivity index (χ1) is 9.21. The van der Waals surface area contributed by atoms with Crippen LogP contribution in [0, 0.1) is 18.3 Å². The van der Waals surface area contributed by atoms with Crippen LogP contribution in [0.15, 0.2) is 36.4 Å². The molecule has 1 aromatic carbocycles. The molecule has 96 valence electrons.